The van der Waals surface area contributed by atoms with Gasteiger partial charge in [0, 0.05) is 36.5 Å². The van der Waals surface area contributed by atoms with Crippen LogP contribution in [0.4, 0.5) is 5.69 Å². The largest absolute Gasteiger partial charge is 0.398 e. The number of amides is 1. The van der Waals surface area contributed by atoms with E-state index in [1.165, 1.54) is 22.9 Å². The predicted molar refractivity (Wildman–Crippen MR) is 76.1 cm³/mol. The number of nitrogen functional groups attached to an aromatic ring is 1. The van der Waals surface area contributed by atoms with Gasteiger partial charge < -0.3 is 20.7 Å². The third-order valence-corrected chi connectivity index (χ3v) is 3.81. The van der Waals surface area contributed by atoms with Crippen LogP contribution in [-0.2, 0) is 11.3 Å². The molecular formula is C14H21N3O3. The van der Waals surface area contributed by atoms with Crippen LogP contribution in [0.15, 0.2) is 23.1 Å². The molecule has 2 atom stereocenters. The molecule has 2 rings (SSSR count). The number of aromatic nitrogens is 1. The standard InChI is InChI=1S/C14H21N3O3/c15-11-5-6-14(20)17(7-11)8-13(19)16-12-4-2-1-3-10(12)9-18/h5-7,10,12,18H,1-4,8-9,15H2,(H,16,19). The first-order valence-corrected chi connectivity index (χ1v) is 6.96. The number of carbonyl (C=O) groups excluding carboxylic acids is 1. The quantitative estimate of drug-likeness (QED) is 0.728. The molecule has 1 saturated carbocycles. The molecule has 110 valence electrons. The van der Waals surface area contributed by atoms with E-state index in [2.05, 4.69) is 5.32 Å². The molecule has 0 saturated heterocycles. The number of anilines is 1. The van der Waals surface area contributed by atoms with Crippen molar-refractivity contribution >= 4 is 11.6 Å². The highest BCUT2D eigenvalue weighted by atomic mass is 16.3. The van der Waals surface area contributed by atoms with Crippen molar-refractivity contribution in [2.24, 2.45) is 5.92 Å². The zero-order valence-corrected chi connectivity index (χ0v) is 11.4. The monoisotopic (exact) mass is 279 g/mol. The maximum atomic E-state index is 12.0. The lowest BCUT2D eigenvalue weighted by Gasteiger charge is -2.30. The van der Waals surface area contributed by atoms with Crippen LogP contribution in [0.2, 0.25) is 0 Å². The number of hydrogen-bond acceptors (Lipinski definition) is 4. The zero-order chi connectivity index (χ0) is 14.5. The number of nitrogens with two attached hydrogens (primary N) is 1. The van der Waals surface area contributed by atoms with E-state index < -0.39 is 0 Å². The van der Waals surface area contributed by atoms with Gasteiger partial charge in [-0.3, -0.25) is 9.59 Å². The van der Waals surface area contributed by atoms with Crippen molar-refractivity contribution in [3.8, 4) is 0 Å². The number of nitrogens with one attached hydrogen (secondary N) is 1. The van der Waals surface area contributed by atoms with Crippen molar-refractivity contribution in [1.82, 2.24) is 9.88 Å². The van der Waals surface area contributed by atoms with Gasteiger partial charge in [0.2, 0.25) is 5.91 Å². The van der Waals surface area contributed by atoms with E-state index in [-0.39, 0.29) is 36.6 Å². The van der Waals surface area contributed by atoms with Crippen LogP contribution < -0.4 is 16.6 Å². The molecule has 0 aliphatic heterocycles. The summed E-state index contributed by atoms with van der Waals surface area (Å²) in [5.74, 6) is -0.103. The first-order valence-electron chi connectivity index (χ1n) is 6.96. The van der Waals surface area contributed by atoms with Gasteiger partial charge in [-0.05, 0) is 18.9 Å². The van der Waals surface area contributed by atoms with Crippen molar-refractivity contribution in [3.05, 3.63) is 28.7 Å². The van der Waals surface area contributed by atoms with Crippen LogP contribution in [0.5, 0.6) is 0 Å². The Hall–Kier alpha value is -1.82. The highest BCUT2D eigenvalue weighted by Crippen LogP contribution is 2.23. The highest BCUT2D eigenvalue weighted by Gasteiger charge is 2.25. The maximum Gasteiger partial charge on any atom is 0.251 e. The first-order chi connectivity index (χ1) is 9.60. The lowest BCUT2D eigenvalue weighted by atomic mass is 9.85. The van der Waals surface area contributed by atoms with E-state index in [4.69, 9.17) is 5.73 Å². The van der Waals surface area contributed by atoms with Gasteiger partial charge >= 0.3 is 0 Å². The zero-order valence-electron chi connectivity index (χ0n) is 11.4. The fourth-order valence-electron chi connectivity index (χ4n) is 2.70. The van der Waals surface area contributed by atoms with E-state index in [0.29, 0.717) is 5.69 Å². The summed E-state index contributed by atoms with van der Waals surface area (Å²) in [5, 5.41) is 12.2. The number of hydrogen-bond donors (Lipinski definition) is 3. The van der Waals surface area contributed by atoms with Gasteiger partial charge in [-0.15, -0.1) is 0 Å². The molecule has 0 bridgehead atoms. The molecule has 1 heterocycles. The Labute approximate surface area is 117 Å². The van der Waals surface area contributed by atoms with Crippen molar-refractivity contribution in [1.29, 1.82) is 0 Å². The van der Waals surface area contributed by atoms with Gasteiger partial charge in [-0.25, -0.2) is 0 Å². The van der Waals surface area contributed by atoms with E-state index in [9.17, 15) is 14.7 Å². The average molecular weight is 279 g/mol. The molecule has 1 aliphatic rings. The molecule has 1 amide bonds. The molecule has 1 aliphatic carbocycles. The van der Waals surface area contributed by atoms with Gasteiger partial charge in [-0.2, -0.15) is 0 Å². The van der Waals surface area contributed by atoms with E-state index >= 15 is 0 Å². The Kier molecular flexibility index (Phi) is 4.79. The molecule has 0 radical (unpaired) electrons. The van der Waals surface area contributed by atoms with Crippen molar-refractivity contribution in [2.45, 2.75) is 38.3 Å². The topological polar surface area (TPSA) is 97.4 Å². The number of nitrogens with zero attached hydrogens (tertiary/aromatic N) is 1. The summed E-state index contributed by atoms with van der Waals surface area (Å²) in [5.41, 5.74) is 5.80. The van der Waals surface area contributed by atoms with Crippen molar-refractivity contribution in [3.63, 3.8) is 0 Å². The van der Waals surface area contributed by atoms with E-state index in [1.807, 2.05) is 0 Å². The number of carbonyl (C=O) groups is 1. The molecule has 1 aromatic heterocycles. The number of pyridine rings is 1. The Morgan fingerprint density at radius 3 is 2.90 bits per heavy atom. The summed E-state index contributed by atoms with van der Waals surface area (Å²) in [4.78, 5) is 23.6. The van der Waals surface area contributed by atoms with Crippen molar-refractivity contribution < 1.29 is 9.90 Å². The number of rotatable bonds is 4. The van der Waals surface area contributed by atoms with Gasteiger partial charge in [0.25, 0.3) is 5.56 Å². The summed E-state index contributed by atoms with van der Waals surface area (Å²) < 4.78 is 1.29. The lowest BCUT2D eigenvalue weighted by molar-refractivity contribution is -0.123. The molecule has 20 heavy (non-hydrogen) atoms. The molecule has 1 aromatic rings. The van der Waals surface area contributed by atoms with Crippen molar-refractivity contribution in [2.75, 3.05) is 12.3 Å². The van der Waals surface area contributed by atoms with Crippen LogP contribution in [0.1, 0.15) is 25.7 Å². The Bertz CT molecular complexity index is 527. The Morgan fingerprint density at radius 2 is 2.15 bits per heavy atom. The summed E-state index contributed by atoms with van der Waals surface area (Å²) >= 11 is 0. The number of aliphatic hydroxyl groups is 1. The van der Waals surface area contributed by atoms with Gasteiger partial charge in [-0.1, -0.05) is 12.8 Å². The maximum absolute atomic E-state index is 12.0. The fraction of sp³-hybridized carbons (Fsp3) is 0.571. The van der Waals surface area contributed by atoms with Crippen LogP contribution in [0.3, 0.4) is 0 Å². The van der Waals surface area contributed by atoms with E-state index in [1.54, 1.807) is 0 Å². The fourth-order valence-corrected chi connectivity index (χ4v) is 2.70. The first kappa shape index (κ1) is 14.6. The Balaban J connectivity index is 1.98. The number of aliphatic hydroxyl groups excluding tert-OH is 1. The molecule has 4 N–H and O–H groups in total. The second-order valence-corrected chi connectivity index (χ2v) is 5.33. The third kappa shape index (κ3) is 3.60. The van der Waals surface area contributed by atoms with Gasteiger partial charge in [0.15, 0.2) is 0 Å². The summed E-state index contributed by atoms with van der Waals surface area (Å²) in [6, 6.07) is 2.86. The molecular weight excluding hydrogens is 258 g/mol. The minimum atomic E-state index is -0.253. The van der Waals surface area contributed by atoms with Crippen LogP contribution in [-0.4, -0.2) is 28.2 Å². The minimum Gasteiger partial charge on any atom is -0.398 e. The lowest BCUT2D eigenvalue weighted by Crippen LogP contribution is -2.45. The summed E-state index contributed by atoms with van der Waals surface area (Å²) in [7, 11) is 0. The SMILES string of the molecule is Nc1ccc(=O)n(CC(=O)NC2CCCCC2CO)c1. The normalized spacial score (nSPS) is 22.4. The molecule has 6 heteroatoms. The second kappa shape index (κ2) is 6.56. The van der Waals surface area contributed by atoms with Crippen LogP contribution in [0.25, 0.3) is 0 Å². The molecule has 6 nitrogen and oxygen atoms in total. The Morgan fingerprint density at radius 1 is 1.40 bits per heavy atom. The summed E-state index contributed by atoms with van der Waals surface area (Å²) in [6.07, 6.45) is 5.42. The third-order valence-electron chi connectivity index (χ3n) is 3.81. The minimum absolute atomic E-state index is 0.00184. The highest BCUT2D eigenvalue weighted by molar-refractivity contribution is 5.76. The second-order valence-electron chi connectivity index (χ2n) is 5.33. The van der Waals surface area contributed by atoms with Crippen LogP contribution in [0, 0.1) is 5.92 Å². The average Bonchev–Trinajstić information content (AvgIpc) is 2.43. The van der Waals surface area contributed by atoms with Gasteiger partial charge in [0.05, 0.1) is 0 Å². The predicted octanol–water partition coefficient (Wildman–Crippen LogP) is 0.0978. The van der Waals surface area contributed by atoms with E-state index in [0.717, 1.165) is 25.7 Å². The summed E-state index contributed by atoms with van der Waals surface area (Å²) in [6.45, 7) is 0.0434. The van der Waals surface area contributed by atoms with Crippen LogP contribution >= 0.6 is 0 Å². The smallest absolute Gasteiger partial charge is 0.251 e. The molecule has 0 aromatic carbocycles. The van der Waals surface area contributed by atoms with Gasteiger partial charge in [0.1, 0.15) is 6.54 Å². The molecule has 1 fully saturated rings. The molecule has 0 spiro atoms. The molecule has 2 unspecified atom stereocenters.